The number of anilines is 1. The Labute approximate surface area is 142 Å². The average molecular weight is 334 g/mol. The number of H-pyrrole nitrogens is 1. The first-order valence-electron chi connectivity index (χ1n) is 7.60. The van der Waals surface area contributed by atoms with Crippen LogP contribution < -0.4 is 16.4 Å². The lowest BCUT2D eigenvalue weighted by molar-refractivity contribution is -0.116. The molecule has 7 nitrogen and oxygen atoms in total. The Balaban J connectivity index is 1.75. The Morgan fingerprint density at radius 2 is 1.88 bits per heavy atom. The second-order valence-corrected chi connectivity index (χ2v) is 5.43. The molecule has 0 aliphatic heterocycles. The van der Waals surface area contributed by atoms with E-state index in [1.807, 2.05) is 6.07 Å². The standard InChI is InChI=1S/C18H14N4O3/c19-11-12-4-3-5-13(10-12)20-16(23)8-9-22-18(25)15-7-2-1-6-14(15)17(24)21-22/h1-7,10H,8-9H2,(H,20,23)(H,21,24). The van der Waals surface area contributed by atoms with E-state index in [2.05, 4.69) is 10.4 Å². The van der Waals surface area contributed by atoms with Gasteiger partial charge in [-0.25, -0.2) is 4.68 Å². The van der Waals surface area contributed by atoms with Crippen molar-refractivity contribution in [3.63, 3.8) is 0 Å². The molecule has 0 radical (unpaired) electrons. The van der Waals surface area contributed by atoms with Crippen molar-refractivity contribution in [1.29, 1.82) is 5.26 Å². The number of hydrogen-bond donors (Lipinski definition) is 2. The van der Waals surface area contributed by atoms with E-state index in [1.165, 1.54) is 0 Å². The number of nitrogens with zero attached hydrogens (tertiary/aromatic N) is 2. The van der Waals surface area contributed by atoms with Crippen molar-refractivity contribution in [3.8, 4) is 6.07 Å². The number of rotatable bonds is 4. The van der Waals surface area contributed by atoms with Crippen LogP contribution in [-0.2, 0) is 11.3 Å². The minimum atomic E-state index is -0.377. The highest BCUT2D eigenvalue weighted by atomic mass is 16.2. The molecule has 3 rings (SSSR count). The molecule has 0 saturated carbocycles. The molecule has 2 N–H and O–H groups in total. The van der Waals surface area contributed by atoms with E-state index in [4.69, 9.17) is 5.26 Å². The van der Waals surface area contributed by atoms with E-state index in [0.29, 0.717) is 22.0 Å². The van der Waals surface area contributed by atoms with Gasteiger partial charge in [-0.1, -0.05) is 18.2 Å². The number of benzene rings is 2. The first-order valence-corrected chi connectivity index (χ1v) is 7.60. The van der Waals surface area contributed by atoms with Gasteiger partial charge in [0.2, 0.25) is 5.91 Å². The van der Waals surface area contributed by atoms with Crippen LogP contribution in [0, 0.1) is 11.3 Å². The number of amides is 1. The molecule has 0 fully saturated rings. The molecule has 1 aromatic heterocycles. The third-order valence-electron chi connectivity index (χ3n) is 3.72. The van der Waals surface area contributed by atoms with Crippen LogP contribution in [0.25, 0.3) is 10.8 Å². The van der Waals surface area contributed by atoms with E-state index in [9.17, 15) is 14.4 Å². The molecule has 7 heteroatoms. The molecule has 3 aromatic rings. The molecule has 0 aliphatic carbocycles. The average Bonchev–Trinajstić information content (AvgIpc) is 2.63. The van der Waals surface area contributed by atoms with Gasteiger partial charge >= 0.3 is 0 Å². The molecule has 0 spiro atoms. The first-order chi connectivity index (χ1) is 12.1. The Kier molecular flexibility index (Phi) is 4.44. The fraction of sp³-hybridized carbons (Fsp3) is 0.111. The fourth-order valence-electron chi connectivity index (χ4n) is 2.51. The van der Waals surface area contributed by atoms with Crippen molar-refractivity contribution in [2.24, 2.45) is 0 Å². The van der Waals surface area contributed by atoms with Gasteiger partial charge in [-0.05, 0) is 30.3 Å². The van der Waals surface area contributed by atoms with Gasteiger partial charge in [-0.15, -0.1) is 0 Å². The van der Waals surface area contributed by atoms with Gasteiger partial charge in [0.1, 0.15) is 0 Å². The molecule has 0 atom stereocenters. The van der Waals surface area contributed by atoms with E-state index >= 15 is 0 Å². The number of carbonyl (C=O) groups is 1. The fourth-order valence-corrected chi connectivity index (χ4v) is 2.51. The van der Waals surface area contributed by atoms with Crippen LogP contribution >= 0.6 is 0 Å². The maximum absolute atomic E-state index is 12.4. The van der Waals surface area contributed by atoms with Crippen LogP contribution in [0.3, 0.4) is 0 Å². The third-order valence-corrected chi connectivity index (χ3v) is 3.72. The van der Waals surface area contributed by atoms with Gasteiger partial charge < -0.3 is 5.32 Å². The highest BCUT2D eigenvalue weighted by Gasteiger charge is 2.09. The zero-order valence-corrected chi connectivity index (χ0v) is 13.2. The third kappa shape index (κ3) is 3.48. The van der Waals surface area contributed by atoms with Gasteiger partial charge in [0.25, 0.3) is 11.1 Å². The number of fused-ring (bicyclic) bond motifs is 1. The monoisotopic (exact) mass is 334 g/mol. The zero-order valence-electron chi connectivity index (χ0n) is 13.2. The predicted octanol–water partition coefficient (Wildman–Crippen LogP) is 1.59. The Morgan fingerprint density at radius 1 is 1.12 bits per heavy atom. The van der Waals surface area contributed by atoms with E-state index in [-0.39, 0.29) is 30.0 Å². The zero-order chi connectivity index (χ0) is 17.8. The summed E-state index contributed by atoms with van der Waals surface area (Å²) in [7, 11) is 0. The number of nitrogens with one attached hydrogen (secondary N) is 2. The highest BCUT2D eigenvalue weighted by molar-refractivity contribution is 5.90. The molecule has 0 unspecified atom stereocenters. The van der Waals surface area contributed by atoms with Crippen molar-refractivity contribution in [3.05, 3.63) is 74.8 Å². The Hall–Kier alpha value is -3.66. The van der Waals surface area contributed by atoms with Gasteiger partial charge in [-0.3, -0.25) is 19.5 Å². The van der Waals surface area contributed by atoms with Gasteiger partial charge in [0, 0.05) is 12.1 Å². The lowest BCUT2D eigenvalue weighted by atomic mass is 10.2. The van der Waals surface area contributed by atoms with Gasteiger partial charge in [0.05, 0.1) is 28.9 Å². The highest BCUT2D eigenvalue weighted by Crippen LogP contribution is 2.10. The van der Waals surface area contributed by atoms with Crippen LogP contribution in [0.1, 0.15) is 12.0 Å². The van der Waals surface area contributed by atoms with Crippen molar-refractivity contribution in [1.82, 2.24) is 9.78 Å². The van der Waals surface area contributed by atoms with Crippen LogP contribution in [0.2, 0.25) is 0 Å². The second-order valence-electron chi connectivity index (χ2n) is 5.43. The maximum Gasteiger partial charge on any atom is 0.273 e. The molecule has 2 aromatic carbocycles. The minimum absolute atomic E-state index is 0.00493. The lowest BCUT2D eigenvalue weighted by Gasteiger charge is -2.08. The number of aryl methyl sites for hydroxylation is 1. The molecule has 1 amide bonds. The summed E-state index contributed by atoms with van der Waals surface area (Å²) in [6, 6.07) is 15.0. The summed E-state index contributed by atoms with van der Waals surface area (Å²) < 4.78 is 1.13. The second kappa shape index (κ2) is 6.84. The molecule has 0 bridgehead atoms. The van der Waals surface area contributed by atoms with E-state index in [0.717, 1.165) is 4.68 Å². The predicted molar refractivity (Wildman–Crippen MR) is 93.2 cm³/mol. The van der Waals surface area contributed by atoms with Crippen molar-refractivity contribution in [2.45, 2.75) is 13.0 Å². The topological polar surface area (TPSA) is 108 Å². The first kappa shape index (κ1) is 16.2. The van der Waals surface area contributed by atoms with Gasteiger partial charge in [0.15, 0.2) is 0 Å². The number of carbonyl (C=O) groups excluding carboxylic acids is 1. The minimum Gasteiger partial charge on any atom is -0.326 e. The number of aromatic amines is 1. The maximum atomic E-state index is 12.4. The van der Waals surface area contributed by atoms with Crippen molar-refractivity contribution < 1.29 is 4.79 Å². The van der Waals surface area contributed by atoms with Crippen molar-refractivity contribution >= 4 is 22.4 Å². The van der Waals surface area contributed by atoms with Crippen LogP contribution in [0.15, 0.2) is 58.1 Å². The molecular weight excluding hydrogens is 320 g/mol. The van der Waals surface area contributed by atoms with Crippen LogP contribution in [-0.4, -0.2) is 15.7 Å². The summed E-state index contributed by atoms with van der Waals surface area (Å²) in [5.41, 5.74) is 0.211. The lowest BCUT2D eigenvalue weighted by Crippen LogP contribution is -2.31. The summed E-state index contributed by atoms with van der Waals surface area (Å²) in [5, 5.41) is 14.6. The smallest absolute Gasteiger partial charge is 0.273 e. The van der Waals surface area contributed by atoms with E-state index in [1.54, 1.807) is 48.5 Å². The van der Waals surface area contributed by atoms with Crippen LogP contribution in [0.4, 0.5) is 5.69 Å². The Morgan fingerprint density at radius 3 is 2.64 bits per heavy atom. The molecule has 124 valence electrons. The summed E-state index contributed by atoms with van der Waals surface area (Å²) in [6.45, 7) is 0.0443. The largest absolute Gasteiger partial charge is 0.326 e. The van der Waals surface area contributed by atoms with Gasteiger partial charge in [-0.2, -0.15) is 5.26 Å². The molecule has 0 saturated heterocycles. The molecule has 25 heavy (non-hydrogen) atoms. The quantitative estimate of drug-likeness (QED) is 0.755. The summed E-state index contributed by atoms with van der Waals surface area (Å²) in [6.07, 6.45) is 0.00493. The molecule has 1 heterocycles. The van der Waals surface area contributed by atoms with E-state index < -0.39 is 0 Å². The summed E-state index contributed by atoms with van der Waals surface area (Å²) in [4.78, 5) is 36.4. The molecular formula is C18H14N4O3. The molecule has 0 aliphatic rings. The summed E-state index contributed by atoms with van der Waals surface area (Å²) >= 11 is 0. The number of nitriles is 1. The normalized spacial score (nSPS) is 10.4. The Bertz CT molecular complexity index is 1110. The number of aromatic nitrogens is 2. The summed E-state index contributed by atoms with van der Waals surface area (Å²) in [5.74, 6) is -0.323. The van der Waals surface area contributed by atoms with Crippen molar-refractivity contribution in [2.75, 3.05) is 5.32 Å². The number of hydrogen-bond acceptors (Lipinski definition) is 4. The van der Waals surface area contributed by atoms with Crippen LogP contribution in [0.5, 0.6) is 0 Å². The SMILES string of the molecule is N#Cc1cccc(NC(=O)CCn2[nH]c(=O)c3ccccc3c2=O)c1.